The third kappa shape index (κ3) is 7.74. The standard InChI is InChI=1S/C21H16N.C17H10NO.C11H8N.Ir/c1-14-11-15(2)13-17(12-14)21-20-8-7-16-5-3-4-6-18(16)19(20)9-10-22-21;1-2-10-16-12(6-1)13-7-5-8-14(17(13)19-16)15-9-3-4-11-18-15;1-2-6-10(7-3-1)11-8-4-5-9-12-11;/h3-12H,1-2H3;1-7,9-11H;1-6,8-9H;/q3*-1;+3. The summed E-state index contributed by atoms with van der Waals surface area (Å²) in [6.45, 7) is 4.20. The molecular formula is C49H34IrN3O. The van der Waals surface area contributed by atoms with Crippen molar-refractivity contribution in [2.24, 2.45) is 0 Å². The first-order chi connectivity index (χ1) is 26.1. The van der Waals surface area contributed by atoms with Gasteiger partial charge in [-0.05, 0) is 62.9 Å². The number of rotatable bonds is 3. The van der Waals surface area contributed by atoms with Gasteiger partial charge in [-0.3, -0.25) is 0 Å². The third-order valence-corrected chi connectivity index (χ3v) is 8.98. The molecule has 10 aromatic rings. The van der Waals surface area contributed by atoms with Gasteiger partial charge in [0.2, 0.25) is 0 Å². The van der Waals surface area contributed by atoms with Gasteiger partial charge in [-0.1, -0.05) is 104 Å². The number of furan rings is 1. The maximum atomic E-state index is 5.97. The molecule has 4 heterocycles. The van der Waals surface area contributed by atoms with Crippen LogP contribution in [0.4, 0.5) is 0 Å². The maximum absolute atomic E-state index is 5.97. The van der Waals surface area contributed by atoms with Crippen molar-refractivity contribution in [2.75, 3.05) is 0 Å². The molecule has 4 aromatic heterocycles. The van der Waals surface area contributed by atoms with E-state index in [0.717, 1.165) is 61.3 Å². The van der Waals surface area contributed by atoms with Crippen LogP contribution < -0.4 is 0 Å². The van der Waals surface area contributed by atoms with E-state index in [1.165, 1.54) is 27.1 Å². The molecule has 10 rings (SSSR count). The Balaban J connectivity index is 0.000000129. The van der Waals surface area contributed by atoms with Crippen LogP contribution in [-0.2, 0) is 20.1 Å². The Kier molecular flexibility index (Phi) is 11.1. The normalized spacial score (nSPS) is 10.6. The summed E-state index contributed by atoms with van der Waals surface area (Å²) >= 11 is 0. The number of fused-ring (bicyclic) bond motifs is 6. The van der Waals surface area contributed by atoms with Gasteiger partial charge in [0, 0.05) is 24.0 Å². The van der Waals surface area contributed by atoms with Crippen LogP contribution in [-0.4, -0.2) is 15.0 Å². The number of aromatic nitrogens is 3. The zero-order valence-electron chi connectivity index (χ0n) is 29.7. The zero-order valence-corrected chi connectivity index (χ0v) is 32.1. The van der Waals surface area contributed by atoms with Crippen LogP contribution in [0.15, 0.2) is 175 Å². The van der Waals surface area contributed by atoms with Crippen molar-refractivity contribution in [3.8, 4) is 33.8 Å². The SMILES string of the molecule is Cc1[c-]c(-c2nccc3c2ccc2ccccc23)cc(C)c1.[Ir+3].[c-]1ccc2c(oc3ccccc32)c1-c1ccccn1.[c-]1ccccc1-c1ccccn1. The van der Waals surface area contributed by atoms with Crippen LogP contribution in [0.25, 0.3) is 77.3 Å². The molecule has 0 aliphatic heterocycles. The number of hydrogen-bond donors (Lipinski definition) is 0. The maximum Gasteiger partial charge on any atom is 3.00 e. The van der Waals surface area contributed by atoms with E-state index < -0.39 is 0 Å². The molecule has 0 bridgehead atoms. The van der Waals surface area contributed by atoms with E-state index in [9.17, 15) is 0 Å². The van der Waals surface area contributed by atoms with E-state index >= 15 is 0 Å². The minimum atomic E-state index is 0. The van der Waals surface area contributed by atoms with Crippen molar-refractivity contribution in [3.05, 3.63) is 200 Å². The van der Waals surface area contributed by atoms with Crippen LogP contribution in [0.2, 0.25) is 0 Å². The molecule has 0 atom stereocenters. The average Bonchev–Trinajstić information content (AvgIpc) is 3.61. The predicted molar refractivity (Wildman–Crippen MR) is 217 cm³/mol. The zero-order chi connectivity index (χ0) is 36.0. The number of benzene rings is 6. The predicted octanol–water partition coefficient (Wildman–Crippen LogP) is 12.5. The van der Waals surface area contributed by atoms with Gasteiger partial charge in [-0.25, -0.2) is 0 Å². The third-order valence-electron chi connectivity index (χ3n) is 8.98. The Bertz CT molecular complexity index is 2740. The van der Waals surface area contributed by atoms with Crippen molar-refractivity contribution in [3.63, 3.8) is 0 Å². The molecule has 0 aliphatic rings. The van der Waals surface area contributed by atoms with E-state index in [1.807, 2.05) is 97.2 Å². The van der Waals surface area contributed by atoms with Crippen molar-refractivity contribution in [1.82, 2.24) is 15.0 Å². The smallest absolute Gasteiger partial charge is 0.501 e. The molecule has 0 aliphatic carbocycles. The van der Waals surface area contributed by atoms with Crippen molar-refractivity contribution >= 4 is 43.5 Å². The van der Waals surface area contributed by atoms with Gasteiger partial charge in [0.05, 0.1) is 5.58 Å². The van der Waals surface area contributed by atoms with E-state index in [4.69, 9.17) is 4.42 Å². The number of aryl methyl sites for hydroxylation is 2. The van der Waals surface area contributed by atoms with Gasteiger partial charge in [-0.2, -0.15) is 0 Å². The molecule has 260 valence electrons. The minimum absolute atomic E-state index is 0. The molecule has 4 nitrogen and oxygen atoms in total. The van der Waals surface area contributed by atoms with Gasteiger partial charge >= 0.3 is 20.1 Å². The summed E-state index contributed by atoms with van der Waals surface area (Å²) < 4.78 is 5.97. The van der Waals surface area contributed by atoms with Crippen LogP contribution in [0.1, 0.15) is 11.1 Å². The van der Waals surface area contributed by atoms with Crippen LogP contribution >= 0.6 is 0 Å². The molecule has 54 heavy (non-hydrogen) atoms. The van der Waals surface area contributed by atoms with Gasteiger partial charge in [-0.15, -0.1) is 89.0 Å². The topological polar surface area (TPSA) is 51.8 Å². The number of nitrogens with zero attached hydrogens (tertiary/aromatic N) is 3. The summed E-state index contributed by atoms with van der Waals surface area (Å²) in [5, 5.41) is 7.20. The van der Waals surface area contributed by atoms with Gasteiger partial charge in [0.1, 0.15) is 5.58 Å². The summed E-state index contributed by atoms with van der Waals surface area (Å²) in [6, 6.07) is 60.6. The van der Waals surface area contributed by atoms with Crippen molar-refractivity contribution < 1.29 is 24.5 Å². The Morgan fingerprint density at radius 1 is 0.500 bits per heavy atom. The summed E-state index contributed by atoms with van der Waals surface area (Å²) in [6.07, 6.45) is 5.47. The fraction of sp³-hybridized carbons (Fsp3) is 0.0408. The number of hydrogen-bond acceptors (Lipinski definition) is 4. The van der Waals surface area contributed by atoms with Crippen molar-refractivity contribution in [2.45, 2.75) is 13.8 Å². The van der Waals surface area contributed by atoms with Crippen LogP contribution in [0.3, 0.4) is 0 Å². The monoisotopic (exact) mass is 873 g/mol. The molecule has 0 saturated heterocycles. The summed E-state index contributed by atoms with van der Waals surface area (Å²) in [5.74, 6) is 0. The molecule has 0 spiro atoms. The number of pyridine rings is 3. The summed E-state index contributed by atoms with van der Waals surface area (Å²) in [5.41, 5.74) is 10.0. The fourth-order valence-corrected chi connectivity index (χ4v) is 6.64. The van der Waals surface area contributed by atoms with E-state index in [0.29, 0.717) is 0 Å². The first kappa shape index (κ1) is 36.1. The summed E-state index contributed by atoms with van der Waals surface area (Å²) in [7, 11) is 0. The van der Waals surface area contributed by atoms with E-state index in [1.54, 1.807) is 12.4 Å². The largest absolute Gasteiger partial charge is 3.00 e. The Morgan fingerprint density at radius 3 is 2.00 bits per heavy atom. The van der Waals surface area contributed by atoms with Crippen LogP contribution in [0, 0.1) is 32.0 Å². The van der Waals surface area contributed by atoms with Crippen molar-refractivity contribution in [1.29, 1.82) is 0 Å². The van der Waals surface area contributed by atoms with E-state index in [-0.39, 0.29) is 20.1 Å². The molecule has 0 unspecified atom stereocenters. The fourth-order valence-electron chi connectivity index (χ4n) is 6.64. The first-order valence-corrected chi connectivity index (χ1v) is 17.5. The average molecular weight is 873 g/mol. The molecule has 6 aromatic carbocycles. The summed E-state index contributed by atoms with van der Waals surface area (Å²) in [4.78, 5) is 13.2. The number of para-hydroxylation sites is 1. The van der Waals surface area contributed by atoms with Gasteiger partial charge in [0.15, 0.2) is 0 Å². The molecular weight excluding hydrogens is 839 g/mol. The molecule has 0 saturated carbocycles. The van der Waals surface area contributed by atoms with Crippen LogP contribution in [0.5, 0.6) is 0 Å². The molecule has 0 radical (unpaired) electrons. The van der Waals surface area contributed by atoms with Gasteiger partial charge in [0.25, 0.3) is 0 Å². The molecule has 5 heteroatoms. The second-order valence-electron chi connectivity index (χ2n) is 12.7. The Morgan fingerprint density at radius 2 is 1.24 bits per heavy atom. The second-order valence-corrected chi connectivity index (χ2v) is 12.7. The molecule has 0 N–H and O–H groups in total. The quantitative estimate of drug-likeness (QED) is 0.131. The Hall–Kier alpha value is -6.26. The molecule has 0 fully saturated rings. The second kappa shape index (κ2) is 16.6. The molecule has 0 amide bonds. The minimum Gasteiger partial charge on any atom is -0.501 e. The Labute approximate surface area is 328 Å². The van der Waals surface area contributed by atoms with E-state index in [2.05, 4.69) is 108 Å². The van der Waals surface area contributed by atoms with Gasteiger partial charge < -0.3 is 19.4 Å². The first-order valence-electron chi connectivity index (χ1n) is 17.5.